The molecule has 3 aromatic rings. The molecule has 1 aromatic heterocycles. The summed E-state index contributed by atoms with van der Waals surface area (Å²) < 4.78 is 5.72. The third-order valence-corrected chi connectivity index (χ3v) is 5.55. The van der Waals surface area contributed by atoms with Crippen molar-refractivity contribution in [3.8, 4) is 0 Å². The molecule has 2 N–H and O–H groups in total. The minimum atomic E-state index is -0.346. The maximum atomic E-state index is 12.4. The average Bonchev–Trinajstić information content (AvgIpc) is 3.20. The summed E-state index contributed by atoms with van der Waals surface area (Å²) in [6, 6.07) is 18.6. The Kier molecular flexibility index (Phi) is 6.30. The van der Waals surface area contributed by atoms with Gasteiger partial charge in [0.05, 0.1) is 0 Å². The highest BCUT2D eigenvalue weighted by atomic mass is 79.9. The van der Waals surface area contributed by atoms with Crippen molar-refractivity contribution >= 4 is 33.4 Å². The van der Waals surface area contributed by atoms with Crippen molar-refractivity contribution in [3.05, 3.63) is 87.8 Å². The topological polar surface area (TPSA) is 74.6 Å². The molecule has 0 radical (unpaired) electrons. The van der Waals surface area contributed by atoms with E-state index in [2.05, 4.69) is 55.7 Å². The van der Waals surface area contributed by atoms with Crippen LogP contribution in [-0.2, 0) is 13.0 Å². The molecule has 2 aromatic carbocycles. The summed E-state index contributed by atoms with van der Waals surface area (Å²) in [5.74, 6) is -0.259. The van der Waals surface area contributed by atoms with Crippen molar-refractivity contribution in [2.45, 2.75) is 13.0 Å². The fourth-order valence-electron chi connectivity index (χ4n) is 3.51. The van der Waals surface area contributed by atoms with E-state index >= 15 is 0 Å². The second-order valence-electron chi connectivity index (χ2n) is 7.19. The number of rotatable bonds is 6. The third kappa shape index (κ3) is 4.98. The van der Waals surface area contributed by atoms with Gasteiger partial charge in [-0.1, -0.05) is 24.3 Å². The van der Waals surface area contributed by atoms with Gasteiger partial charge in [-0.05, 0) is 69.9 Å². The summed E-state index contributed by atoms with van der Waals surface area (Å²) in [6.45, 7) is 3.33. The summed E-state index contributed by atoms with van der Waals surface area (Å²) in [4.78, 5) is 26.9. The lowest BCUT2D eigenvalue weighted by molar-refractivity contribution is 0.0946. The van der Waals surface area contributed by atoms with E-state index in [1.165, 1.54) is 11.1 Å². The quantitative estimate of drug-likeness (QED) is 0.572. The van der Waals surface area contributed by atoms with Crippen LogP contribution in [0.25, 0.3) is 0 Å². The van der Waals surface area contributed by atoms with Crippen LogP contribution in [-0.4, -0.2) is 36.3 Å². The zero-order chi connectivity index (χ0) is 20.9. The number of carbonyl (C=O) groups excluding carboxylic acids is 2. The smallest absolute Gasteiger partial charge is 0.291 e. The summed E-state index contributed by atoms with van der Waals surface area (Å²) in [5, 5.41) is 5.71. The molecule has 0 aliphatic carbocycles. The number of halogens is 1. The van der Waals surface area contributed by atoms with Gasteiger partial charge in [-0.15, -0.1) is 0 Å². The zero-order valence-corrected chi connectivity index (χ0v) is 17.9. The summed E-state index contributed by atoms with van der Waals surface area (Å²) in [7, 11) is 0. The van der Waals surface area contributed by atoms with Crippen LogP contribution in [0.15, 0.2) is 69.8 Å². The van der Waals surface area contributed by atoms with Crippen molar-refractivity contribution in [2.75, 3.05) is 25.0 Å². The highest BCUT2D eigenvalue weighted by molar-refractivity contribution is 9.10. The Morgan fingerprint density at radius 2 is 1.73 bits per heavy atom. The van der Waals surface area contributed by atoms with Crippen LogP contribution < -0.4 is 10.6 Å². The van der Waals surface area contributed by atoms with Gasteiger partial charge in [0.25, 0.3) is 11.8 Å². The van der Waals surface area contributed by atoms with Gasteiger partial charge in [0.1, 0.15) is 0 Å². The van der Waals surface area contributed by atoms with E-state index in [9.17, 15) is 9.59 Å². The van der Waals surface area contributed by atoms with Crippen molar-refractivity contribution in [1.29, 1.82) is 0 Å². The average molecular weight is 468 g/mol. The first-order chi connectivity index (χ1) is 14.6. The van der Waals surface area contributed by atoms with Crippen LogP contribution in [0, 0.1) is 0 Å². The highest BCUT2D eigenvalue weighted by Crippen LogP contribution is 2.18. The van der Waals surface area contributed by atoms with Crippen molar-refractivity contribution in [1.82, 2.24) is 10.2 Å². The standard InChI is InChI=1S/C23H22BrN3O3/c24-21-10-9-20(30-21)23(29)26-19-7-5-17(6-8-19)22(28)25-12-14-27-13-11-16-3-1-2-4-18(16)15-27/h1-10H,11-15H2,(H,25,28)(H,26,29). The lowest BCUT2D eigenvalue weighted by Crippen LogP contribution is -2.37. The molecule has 1 aliphatic heterocycles. The predicted molar refractivity (Wildman–Crippen MR) is 119 cm³/mol. The Balaban J connectivity index is 1.24. The van der Waals surface area contributed by atoms with Gasteiger partial charge in [0.15, 0.2) is 10.4 Å². The number of furan rings is 1. The maximum Gasteiger partial charge on any atom is 0.291 e. The number of anilines is 1. The van der Waals surface area contributed by atoms with Crippen LogP contribution in [0.4, 0.5) is 5.69 Å². The molecule has 1 aliphatic rings. The lowest BCUT2D eigenvalue weighted by atomic mass is 10.00. The Bertz CT molecular complexity index is 1050. The molecular formula is C23H22BrN3O3. The molecule has 30 heavy (non-hydrogen) atoms. The van der Waals surface area contributed by atoms with Gasteiger partial charge >= 0.3 is 0 Å². The molecule has 0 spiro atoms. The highest BCUT2D eigenvalue weighted by Gasteiger charge is 2.16. The van der Waals surface area contributed by atoms with Crippen molar-refractivity contribution < 1.29 is 14.0 Å². The van der Waals surface area contributed by atoms with E-state index in [0.29, 0.717) is 22.5 Å². The number of fused-ring (bicyclic) bond motifs is 1. The first kappa shape index (κ1) is 20.4. The second-order valence-corrected chi connectivity index (χ2v) is 7.97. The maximum absolute atomic E-state index is 12.4. The molecular weight excluding hydrogens is 446 g/mol. The molecule has 2 heterocycles. The lowest BCUT2D eigenvalue weighted by Gasteiger charge is -2.28. The number of carbonyl (C=O) groups is 2. The summed E-state index contributed by atoms with van der Waals surface area (Å²) >= 11 is 3.17. The largest absolute Gasteiger partial charge is 0.444 e. The number of benzene rings is 2. The van der Waals surface area contributed by atoms with Gasteiger partial charge in [0.2, 0.25) is 0 Å². The number of amides is 2. The number of nitrogens with zero attached hydrogens (tertiary/aromatic N) is 1. The summed E-state index contributed by atoms with van der Waals surface area (Å²) in [6.07, 6.45) is 1.05. The Labute approximate surface area is 183 Å². The second kappa shape index (κ2) is 9.28. The summed E-state index contributed by atoms with van der Waals surface area (Å²) in [5.41, 5.74) is 3.94. The molecule has 2 amide bonds. The number of hydrogen-bond donors (Lipinski definition) is 2. The number of nitrogens with one attached hydrogen (secondary N) is 2. The Morgan fingerprint density at radius 1 is 0.967 bits per heavy atom. The van der Waals surface area contributed by atoms with Crippen LogP contribution in [0.1, 0.15) is 32.0 Å². The van der Waals surface area contributed by atoms with E-state index in [0.717, 1.165) is 26.1 Å². The molecule has 0 atom stereocenters. The van der Waals surface area contributed by atoms with Gasteiger partial charge in [0, 0.05) is 37.4 Å². The molecule has 0 bridgehead atoms. The van der Waals surface area contributed by atoms with Crippen LogP contribution >= 0.6 is 15.9 Å². The van der Waals surface area contributed by atoms with Gasteiger partial charge in [-0.2, -0.15) is 0 Å². The van der Waals surface area contributed by atoms with Gasteiger partial charge < -0.3 is 15.1 Å². The van der Waals surface area contributed by atoms with Crippen LogP contribution in [0.2, 0.25) is 0 Å². The van der Waals surface area contributed by atoms with E-state index in [1.54, 1.807) is 36.4 Å². The first-order valence-corrected chi connectivity index (χ1v) is 10.6. The molecule has 0 unspecified atom stereocenters. The SMILES string of the molecule is O=C(NCCN1CCc2ccccc2C1)c1ccc(NC(=O)c2ccc(Br)o2)cc1. The molecule has 0 saturated carbocycles. The van der Waals surface area contributed by atoms with Crippen molar-refractivity contribution in [3.63, 3.8) is 0 Å². The molecule has 6 nitrogen and oxygen atoms in total. The molecule has 154 valence electrons. The molecule has 0 saturated heterocycles. The fourth-order valence-corrected chi connectivity index (χ4v) is 3.82. The van der Waals surface area contributed by atoms with Gasteiger partial charge in [-0.3, -0.25) is 14.5 Å². The van der Waals surface area contributed by atoms with E-state index in [1.807, 2.05) is 0 Å². The fraction of sp³-hybridized carbons (Fsp3) is 0.217. The number of hydrogen-bond acceptors (Lipinski definition) is 4. The first-order valence-electron chi connectivity index (χ1n) is 9.82. The van der Waals surface area contributed by atoms with E-state index in [-0.39, 0.29) is 17.6 Å². The van der Waals surface area contributed by atoms with Gasteiger partial charge in [-0.25, -0.2) is 0 Å². The minimum Gasteiger partial charge on any atom is -0.444 e. The van der Waals surface area contributed by atoms with Crippen LogP contribution in [0.5, 0.6) is 0 Å². The zero-order valence-electron chi connectivity index (χ0n) is 16.4. The Hall–Kier alpha value is -2.90. The molecule has 4 rings (SSSR count). The van der Waals surface area contributed by atoms with E-state index in [4.69, 9.17) is 4.42 Å². The predicted octanol–water partition coefficient (Wildman–Crippen LogP) is 4.08. The monoisotopic (exact) mass is 467 g/mol. The Morgan fingerprint density at radius 3 is 2.47 bits per heavy atom. The normalized spacial score (nSPS) is 13.5. The molecule has 7 heteroatoms. The minimum absolute atomic E-state index is 0.125. The van der Waals surface area contributed by atoms with Crippen molar-refractivity contribution in [2.24, 2.45) is 0 Å². The third-order valence-electron chi connectivity index (χ3n) is 5.13. The molecule has 0 fully saturated rings. The van der Waals surface area contributed by atoms with E-state index < -0.39 is 0 Å². The van der Waals surface area contributed by atoms with Crippen LogP contribution in [0.3, 0.4) is 0 Å².